The van der Waals surface area contributed by atoms with Gasteiger partial charge >= 0.3 is 6.09 Å². The molecule has 0 aliphatic heterocycles. The van der Waals surface area contributed by atoms with Crippen LogP contribution in [0.4, 0.5) is 4.79 Å². The number of carboxylic acid groups (broad SMARTS) is 1. The number of aliphatic hydroxyl groups is 2. The quantitative estimate of drug-likeness (QED) is 0.572. The van der Waals surface area contributed by atoms with E-state index in [4.69, 9.17) is 5.11 Å². The molecule has 0 aromatic heterocycles. The molecular formula is C14H27NO4. The van der Waals surface area contributed by atoms with Gasteiger partial charge in [0.25, 0.3) is 0 Å². The molecule has 5 nitrogen and oxygen atoms in total. The van der Waals surface area contributed by atoms with E-state index in [0.717, 1.165) is 12.8 Å². The fraction of sp³-hybridized carbons (Fsp3) is 0.929. The smallest absolute Gasteiger partial charge is 0.404 e. The van der Waals surface area contributed by atoms with E-state index in [2.05, 4.69) is 5.32 Å². The lowest BCUT2D eigenvalue weighted by atomic mass is 9.83. The van der Waals surface area contributed by atoms with Crippen molar-refractivity contribution in [2.75, 3.05) is 0 Å². The van der Waals surface area contributed by atoms with Crippen LogP contribution in [0.2, 0.25) is 0 Å². The van der Waals surface area contributed by atoms with Crippen LogP contribution >= 0.6 is 0 Å². The van der Waals surface area contributed by atoms with Crippen molar-refractivity contribution in [2.45, 2.75) is 76.5 Å². The Bertz CT molecular complexity index is 266. The standard InChI is InChI=1S/C14H27NO4/c1-2-11(16)9-13(17)12(15-14(18)19)8-10-6-4-3-5-7-10/h10-13,15-17H,2-9H2,1H3,(H,18,19). The largest absolute Gasteiger partial charge is 0.465 e. The normalized spacial score (nSPS) is 21.6. The SMILES string of the molecule is CCC(O)CC(O)C(CC1CCCCC1)NC(=O)O. The van der Waals surface area contributed by atoms with E-state index in [-0.39, 0.29) is 6.42 Å². The Morgan fingerprint density at radius 1 is 1.26 bits per heavy atom. The van der Waals surface area contributed by atoms with Crippen LogP contribution in [0, 0.1) is 5.92 Å². The first-order chi connectivity index (χ1) is 9.02. The molecule has 1 amide bonds. The molecule has 0 spiro atoms. The van der Waals surface area contributed by atoms with Crippen LogP contribution in [0.25, 0.3) is 0 Å². The second-order valence-corrected chi connectivity index (χ2v) is 5.66. The second kappa shape index (κ2) is 8.38. The Kier molecular flexibility index (Phi) is 7.16. The number of carbonyl (C=O) groups is 1. The maximum atomic E-state index is 10.8. The van der Waals surface area contributed by atoms with E-state index in [9.17, 15) is 15.0 Å². The third-order valence-corrected chi connectivity index (χ3v) is 4.07. The summed E-state index contributed by atoms with van der Waals surface area (Å²) in [6, 6.07) is -0.471. The van der Waals surface area contributed by atoms with Gasteiger partial charge in [0.15, 0.2) is 0 Å². The number of amides is 1. The zero-order valence-electron chi connectivity index (χ0n) is 11.7. The van der Waals surface area contributed by atoms with Crippen molar-refractivity contribution in [3.8, 4) is 0 Å². The molecule has 19 heavy (non-hydrogen) atoms. The Morgan fingerprint density at radius 2 is 1.89 bits per heavy atom. The molecular weight excluding hydrogens is 246 g/mol. The summed E-state index contributed by atoms with van der Waals surface area (Å²) in [7, 11) is 0. The molecule has 1 fully saturated rings. The average molecular weight is 273 g/mol. The zero-order chi connectivity index (χ0) is 14.3. The molecule has 0 heterocycles. The van der Waals surface area contributed by atoms with Crippen LogP contribution in [-0.2, 0) is 0 Å². The highest BCUT2D eigenvalue weighted by Crippen LogP contribution is 2.28. The van der Waals surface area contributed by atoms with Gasteiger partial charge in [-0.1, -0.05) is 39.0 Å². The summed E-state index contributed by atoms with van der Waals surface area (Å²) in [5.41, 5.74) is 0. The van der Waals surface area contributed by atoms with Crippen molar-refractivity contribution in [2.24, 2.45) is 5.92 Å². The van der Waals surface area contributed by atoms with Gasteiger partial charge in [-0.15, -0.1) is 0 Å². The molecule has 1 rings (SSSR count). The minimum atomic E-state index is -1.11. The van der Waals surface area contributed by atoms with Gasteiger partial charge in [-0.05, 0) is 18.8 Å². The van der Waals surface area contributed by atoms with Crippen LogP contribution in [0.3, 0.4) is 0 Å². The number of aliphatic hydroxyl groups excluding tert-OH is 2. The number of hydrogen-bond donors (Lipinski definition) is 4. The zero-order valence-corrected chi connectivity index (χ0v) is 11.7. The Hall–Kier alpha value is -0.810. The molecule has 0 bridgehead atoms. The van der Waals surface area contributed by atoms with Crippen LogP contribution < -0.4 is 5.32 Å². The van der Waals surface area contributed by atoms with Gasteiger partial charge in [0, 0.05) is 6.42 Å². The molecule has 1 aliphatic rings. The van der Waals surface area contributed by atoms with Crippen LogP contribution in [0.15, 0.2) is 0 Å². The van der Waals surface area contributed by atoms with Gasteiger partial charge < -0.3 is 20.6 Å². The van der Waals surface area contributed by atoms with Crippen molar-refractivity contribution in [3.63, 3.8) is 0 Å². The summed E-state index contributed by atoms with van der Waals surface area (Å²) >= 11 is 0. The molecule has 5 heteroatoms. The summed E-state index contributed by atoms with van der Waals surface area (Å²) in [5.74, 6) is 0.485. The second-order valence-electron chi connectivity index (χ2n) is 5.66. The third kappa shape index (κ3) is 6.25. The molecule has 3 unspecified atom stereocenters. The van der Waals surface area contributed by atoms with Gasteiger partial charge in [-0.2, -0.15) is 0 Å². The average Bonchev–Trinajstić information content (AvgIpc) is 2.38. The van der Waals surface area contributed by atoms with Gasteiger partial charge in [0.2, 0.25) is 0 Å². The van der Waals surface area contributed by atoms with Crippen molar-refractivity contribution in [1.82, 2.24) is 5.32 Å². The topological polar surface area (TPSA) is 89.8 Å². The summed E-state index contributed by atoms with van der Waals surface area (Å²) in [6.07, 6.45) is 4.85. The van der Waals surface area contributed by atoms with Crippen molar-refractivity contribution >= 4 is 6.09 Å². The van der Waals surface area contributed by atoms with Gasteiger partial charge in [0.05, 0.1) is 18.2 Å². The molecule has 4 N–H and O–H groups in total. The van der Waals surface area contributed by atoms with E-state index >= 15 is 0 Å². The monoisotopic (exact) mass is 273 g/mol. The third-order valence-electron chi connectivity index (χ3n) is 4.07. The maximum Gasteiger partial charge on any atom is 0.404 e. The van der Waals surface area contributed by atoms with Crippen LogP contribution in [-0.4, -0.2) is 39.7 Å². The predicted molar refractivity (Wildman–Crippen MR) is 73.1 cm³/mol. The summed E-state index contributed by atoms with van der Waals surface area (Å²) in [5, 5.41) is 31.0. The van der Waals surface area contributed by atoms with Gasteiger partial charge in [-0.3, -0.25) is 0 Å². The first-order valence-corrected chi connectivity index (χ1v) is 7.38. The van der Waals surface area contributed by atoms with E-state index in [1.807, 2.05) is 6.92 Å². The summed E-state index contributed by atoms with van der Waals surface area (Å²) in [6.45, 7) is 1.85. The first kappa shape index (κ1) is 16.2. The predicted octanol–water partition coefficient (Wildman–Crippen LogP) is 2.11. The highest BCUT2D eigenvalue weighted by Gasteiger charge is 2.27. The molecule has 0 aromatic rings. The molecule has 0 aromatic carbocycles. The van der Waals surface area contributed by atoms with Gasteiger partial charge in [0.1, 0.15) is 0 Å². The highest BCUT2D eigenvalue weighted by atomic mass is 16.4. The number of hydrogen-bond acceptors (Lipinski definition) is 3. The fourth-order valence-corrected chi connectivity index (χ4v) is 2.86. The summed E-state index contributed by atoms with van der Waals surface area (Å²) < 4.78 is 0. The maximum absolute atomic E-state index is 10.8. The molecule has 0 radical (unpaired) electrons. The number of nitrogens with one attached hydrogen (secondary N) is 1. The van der Waals surface area contributed by atoms with E-state index in [1.165, 1.54) is 19.3 Å². The van der Waals surface area contributed by atoms with E-state index in [1.54, 1.807) is 0 Å². The molecule has 1 aliphatic carbocycles. The number of rotatable bonds is 7. The Balaban J connectivity index is 2.51. The summed E-state index contributed by atoms with van der Waals surface area (Å²) in [4.78, 5) is 10.8. The molecule has 0 saturated heterocycles. The minimum Gasteiger partial charge on any atom is -0.465 e. The minimum absolute atomic E-state index is 0.230. The van der Waals surface area contributed by atoms with Crippen molar-refractivity contribution < 1.29 is 20.1 Å². The van der Waals surface area contributed by atoms with Crippen LogP contribution in [0.5, 0.6) is 0 Å². The Labute approximate surface area is 115 Å². The first-order valence-electron chi connectivity index (χ1n) is 7.38. The highest BCUT2D eigenvalue weighted by molar-refractivity contribution is 5.64. The molecule has 3 atom stereocenters. The van der Waals surface area contributed by atoms with Crippen molar-refractivity contribution in [3.05, 3.63) is 0 Å². The van der Waals surface area contributed by atoms with E-state index < -0.39 is 24.3 Å². The molecule has 1 saturated carbocycles. The lowest BCUT2D eigenvalue weighted by Gasteiger charge is -2.30. The lowest BCUT2D eigenvalue weighted by Crippen LogP contribution is -2.45. The lowest BCUT2D eigenvalue weighted by molar-refractivity contribution is 0.0463. The molecule has 112 valence electrons. The fourth-order valence-electron chi connectivity index (χ4n) is 2.86. The van der Waals surface area contributed by atoms with Crippen molar-refractivity contribution in [1.29, 1.82) is 0 Å². The van der Waals surface area contributed by atoms with Gasteiger partial charge in [-0.25, -0.2) is 4.79 Å². The van der Waals surface area contributed by atoms with Crippen LogP contribution in [0.1, 0.15) is 58.3 Å². The Morgan fingerprint density at radius 3 is 2.42 bits per heavy atom. The van der Waals surface area contributed by atoms with E-state index in [0.29, 0.717) is 18.8 Å².